The highest BCUT2D eigenvalue weighted by Gasteiger charge is 2.19. The summed E-state index contributed by atoms with van der Waals surface area (Å²) in [5.41, 5.74) is 0.355. The molecule has 0 N–H and O–H groups in total. The van der Waals surface area contributed by atoms with Crippen LogP contribution < -0.4 is 5.56 Å². The molecule has 8 nitrogen and oxygen atoms in total. The molecule has 106 valence electrons. The molecule has 0 unspecified atom stereocenters. The normalized spacial score (nSPS) is 15.2. The Morgan fingerprint density at radius 3 is 2.80 bits per heavy atom. The molecule has 3 rings (SSSR count). The predicted molar refractivity (Wildman–Crippen MR) is 71.1 cm³/mol. The maximum atomic E-state index is 12.2. The van der Waals surface area contributed by atoms with E-state index in [0.717, 1.165) is 25.9 Å². The fourth-order valence-corrected chi connectivity index (χ4v) is 2.42. The Balaban J connectivity index is 1.90. The molecule has 1 saturated heterocycles. The van der Waals surface area contributed by atoms with E-state index >= 15 is 0 Å². The van der Waals surface area contributed by atoms with Gasteiger partial charge in [-0.3, -0.25) is 14.2 Å². The van der Waals surface area contributed by atoms with Crippen molar-refractivity contribution < 1.29 is 4.79 Å². The third kappa shape index (κ3) is 2.06. The Labute approximate surface area is 115 Å². The van der Waals surface area contributed by atoms with Gasteiger partial charge in [0.25, 0.3) is 5.56 Å². The van der Waals surface area contributed by atoms with Crippen LogP contribution >= 0.6 is 0 Å². The molecule has 2 aromatic rings. The lowest BCUT2D eigenvalue weighted by Gasteiger charge is -2.15. The van der Waals surface area contributed by atoms with Crippen LogP contribution in [0.15, 0.2) is 11.1 Å². The Bertz CT molecular complexity index is 698. The van der Waals surface area contributed by atoms with Crippen LogP contribution in [0.4, 0.5) is 0 Å². The highest BCUT2D eigenvalue weighted by atomic mass is 16.2. The fourth-order valence-electron chi connectivity index (χ4n) is 2.42. The number of carbonyl (C=O) groups is 1. The SMILES string of the molecule is CCn1nnc2c(=O)n(CC(=O)N3CCCC3)cnc21. The number of nitrogens with zero attached hydrogens (tertiary/aromatic N) is 6. The first kappa shape index (κ1) is 12.8. The van der Waals surface area contributed by atoms with Gasteiger partial charge in [-0.1, -0.05) is 5.21 Å². The van der Waals surface area contributed by atoms with Crippen LogP contribution in [0, 0.1) is 0 Å². The zero-order valence-corrected chi connectivity index (χ0v) is 11.3. The fraction of sp³-hybridized carbons (Fsp3) is 0.583. The predicted octanol–water partition coefficient (Wildman–Crippen LogP) is -0.370. The number of rotatable bonds is 3. The first-order valence-corrected chi connectivity index (χ1v) is 6.77. The number of fused-ring (bicyclic) bond motifs is 1. The monoisotopic (exact) mass is 276 g/mol. The second-order valence-corrected chi connectivity index (χ2v) is 4.84. The molecule has 0 aromatic carbocycles. The second-order valence-electron chi connectivity index (χ2n) is 4.84. The maximum Gasteiger partial charge on any atom is 0.283 e. The lowest BCUT2D eigenvalue weighted by molar-refractivity contribution is -0.130. The molecule has 20 heavy (non-hydrogen) atoms. The largest absolute Gasteiger partial charge is 0.341 e. The van der Waals surface area contributed by atoms with Gasteiger partial charge in [0.2, 0.25) is 5.91 Å². The van der Waals surface area contributed by atoms with Gasteiger partial charge in [0.1, 0.15) is 12.9 Å². The van der Waals surface area contributed by atoms with Gasteiger partial charge in [-0.2, -0.15) is 0 Å². The minimum absolute atomic E-state index is 0.0146. The van der Waals surface area contributed by atoms with Gasteiger partial charge in [-0.15, -0.1) is 5.10 Å². The van der Waals surface area contributed by atoms with Crippen LogP contribution in [0.5, 0.6) is 0 Å². The van der Waals surface area contributed by atoms with Gasteiger partial charge < -0.3 is 4.90 Å². The molecule has 0 spiro atoms. The average Bonchev–Trinajstić information content (AvgIpc) is 3.10. The maximum absolute atomic E-state index is 12.2. The summed E-state index contributed by atoms with van der Waals surface area (Å²) in [4.78, 5) is 30.3. The molecule has 2 aromatic heterocycles. The Morgan fingerprint density at radius 2 is 2.10 bits per heavy atom. The van der Waals surface area contributed by atoms with E-state index in [4.69, 9.17) is 0 Å². The third-order valence-electron chi connectivity index (χ3n) is 3.56. The zero-order chi connectivity index (χ0) is 14.1. The van der Waals surface area contributed by atoms with Crippen LogP contribution in [0.25, 0.3) is 11.2 Å². The van der Waals surface area contributed by atoms with E-state index in [1.54, 1.807) is 9.58 Å². The van der Waals surface area contributed by atoms with Gasteiger partial charge >= 0.3 is 0 Å². The Morgan fingerprint density at radius 1 is 1.35 bits per heavy atom. The van der Waals surface area contributed by atoms with Crippen molar-refractivity contribution in [1.29, 1.82) is 0 Å². The highest BCUT2D eigenvalue weighted by molar-refractivity contribution is 5.76. The quantitative estimate of drug-likeness (QED) is 0.763. The van der Waals surface area contributed by atoms with Crippen LogP contribution in [-0.2, 0) is 17.9 Å². The first-order valence-electron chi connectivity index (χ1n) is 6.77. The Kier molecular flexibility index (Phi) is 3.21. The summed E-state index contributed by atoms with van der Waals surface area (Å²) < 4.78 is 2.86. The molecule has 0 saturated carbocycles. The third-order valence-corrected chi connectivity index (χ3v) is 3.56. The minimum atomic E-state index is -0.317. The molecule has 3 heterocycles. The summed E-state index contributed by atoms with van der Waals surface area (Å²) in [5.74, 6) is -0.0476. The zero-order valence-electron chi connectivity index (χ0n) is 11.3. The summed E-state index contributed by atoms with van der Waals surface area (Å²) in [6, 6.07) is 0. The van der Waals surface area contributed by atoms with E-state index in [1.807, 2.05) is 6.92 Å². The first-order chi connectivity index (χ1) is 9.70. The molecule has 0 radical (unpaired) electrons. The van der Waals surface area contributed by atoms with Crippen LogP contribution in [0.3, 0.4) is 0 Å². The van der Waals surface area contributed by atoms with Crippen molar-refractivity contribution in [2.75, 3.05) is 13.1 Å². The van der Waals surface area contributed by atoms with E-state index in [0.29, 0.717) is 12.2 Å². The van der Waals surface area contributed by atoms with Crippen molar-refractivity contribution in [1.82, 2.24) is 29.4 Å². The lowest BCUT2D eigenvalue weighted by atomic mass is 10.4. The number of aryl methyl sites for hydroxylation is 1. The summed E-state index contributed by atoms with van der Waals surface area (Å²) in [5, 5.41) is 7.71. The van der Waals surface area contributed by atoms with Crippen LogP contribution in [0.1, 0.15) is 19.8 Å². The second kappa shape index (κ2) is 5.03. The highest BCUT2D eigenvalue weighted by Crippen LogP contribution is 2.08. The molecular weight excluding hydrogens is 260 g/mol. The van der Waals surface area contributed by atoms with E-state index in [2.05, 4.69) is 15.3 Å². The number of aromatic nitrogens is 5. The summed E-state index contributed by atoms with van der Waals surface area (Å²) in [7, 11) is 0. The number of hydrogen-bond donors (Lipinski definition) is 0. The van der Waals surface area contributed by atoms with E-state index in [1.165, 1.54) is 10.9 Å². The number of likely N-dealkylation sites (tertiary alicyclic amines) is 1. The van der Waals surface area contributed by atoms with Crippen LogP contribution in [-0.4, -0.2) is 48.4 Å². The molecule has 1 aliphatic rings. The summed E-state index contributed by atoms with van der Waals surface area (Å²) in [6.07, 6.45) is 3.46. The van der Waals surface area contributed by atoms with Gasteiger partial charge in [0.15, 0.2) is 11.2 Å². The van der Waals surface area contributed by atoms with Crippen molar-refractivity contribution in [3.8, 4) is 0 Å². The van der Waals surface area contributed by atoms with Crippen molar-refractivity contribution in [3.63, 3.8) is 0 Å². The molecule has 0 atom stereocenters. The smallest absolute Gasteiger partial charge is 0.283 e. The van der Waals surface area contributed by atoms with Gasteiger partial charge in [0.05, 0.1) is 0 Å². The Hall–Kier alpha value is -2.25. The standard InChI is InChI=1S/C12H16N6O2/c1-2-18-11-10(14-15-18)12(20)17(8-13-11)7-9(19)16-5-3-4-6-16/h8H,2-7H2,1H3. The molecular formula is C12H16N6O2. The van der Waals surface area contributed by atoms with E-state index in [9.17, 15) is 9.59 Å². The summed E-state index contributed by atoms with van der Waals surface area (Å²) >= 11 is 0. The van der Waals surface area contributed by atoms with Gasteiger partial charge in [0, 0.05) is 19.6 Å². The van der Waals surface area contributed by atoms with Gasteiger partial charge in [-0.05, 0) is 19.8 Å². The summed E-state index contributed by atoms with van der Waals surface area (Å²) in [6.45, 7) is 4.06. The minimum Gasteiger partial charge on any atom is -0.341 e. The number of carbonyl (C=O) groups excluding carboxylic acids is 1. The molecule has 0 bridgehead atoms. The molecule has 1 amide bonds. The molecule has 8 heteroatoms. The number of amides is 1. The van der Waals surface area contributed by atoms with Crippen molar-refractivity contribution in [2.24, 2.45) is 0 Å². The van der Waals surface area contributed by atoms with Crippen molar-refractivity contribution in [3.05, 3.63) is 16.7 Å². The average molecular weight is 276 g/mol. The van der Waals surface area contributed by atoms with E-state index in [-0.39, 0.29) is 23.5 Å². The molecule has 1 fully saturated rings. The van der Waals surface area contributed by atoms with E-state index < -0.39 is 0 Å². The van der Waals surface area contributed by atoms with Crippen LogP contribution in [0.2, 0.25) is 0 Å². The van der Waals surface area contributed by atoms with Gasteiger partial charge in [-0.25, -0.2) is 9.67 Å². The molecule has 0 aliphatic carbocycles. The topological polar surface area (TPSA) is 85.9 Å². The van der Waals surface area contributed by atoms with Crippen molar-refractivity contribution >= 4 is 17.1 Å². The lowest BCUT2D eigenvalue weighted by Crippen LogP contribution is -2.34. The van der Waals surface area contributed by atoms with Crippen molar-refractivity contribution in [2.45, 2.75) is 32.9 Å². The number of hydrogen-bond acceptors (Lipinski definition) is 5. The molecule has 1 aliphatic heterocycles.